The molecule has 0 fully saturated rings. The normalized spacial score (nSPS) is 15.9. The fraction of sp³-hybridized carbons (Fsp3) is 0.143. The van der Waals surface area contributed by atoms with Crippen LogP contribution in [0.1, 0.15) is 22.8 Å². The summed E-state index contributed by atoms with van der Waals surface area (Å²) in [4.78, 5) is 16.1. The highest BCUT2D eigenvalue weighted by Crippen LogP contribution is 2.19. The van der Waals surface area contributed by atoms with Gasteiger partial charge in [0.2, 0.25) is 0 Å². The number of nitrogen functional groups attached to an aromatic ring is 1. The number of hydrogen-bond acceptors (Lipinski definition) is 4. The molecule has 1 unspecified atom stereocenters. The van der Waals surface area contributed by atoms with Crippen LogP contribution in [0.4, 0.5) is 5.82 Å². The highest BCUT2D eigenvalue weighted by atomic mass is 16.5. The SMILES string of the molecule is CC1C=CC=C(Oc2cccc(CNC(=O)c3cccnc3N)c2)C=C1. The molecular formula is C21H21N3O2. The lowest BCUT2D eigenvalue weighted by atomic mass is 10.2. The second-order valence-corrected chi connectivity index (χ2v) is 6.04. The van der Waals surface area contributed by atoms with Gasteiger partial charge in [0.15, 0.2) is 0 Å². The number of allylic oxidation sites excluding steroid dienone is 5. The largest absolute Gasteiger partial charge is 0.457 e. The number of carbonyl (C=O) groups excluding carboxylic acids is 1. The summed E-state index contributed by atoms with van der Waals surface area (Å²) < 4.78 is 5.92. The van der Waals surface area contributed by atoms with Crippen LogP contribution in [0, 0.1) is 5.92 Å². The minimum absolute atomic E-state index is 0.219. The van der Waals surface area contributed by atoms with Crippen LogP contribution in [0.2, 0.25) is 0 Å². The number of carbonyl (C=O) groups is 1. The van der Waals surface area contributed by atoms with Crippen LogP contribution in [-0.4, -0.2) is 10.9 Å². The molecule has 26 heavy (non-hydrogen) atoms. The number of pyridine rings is 1. The van der Waals surface area contributed by atoms with Crippen molar-refractivity contribution in [3.63, 3.8) is 0 Å². The predicted octanol–water partition coefficient (Wildman–Crippen LogP) is 3.62. The van der Waals surface area contributed by atoms with Crippen molar-refractivity contribution in [2.24, 2.45) is 5.92 Å². The Morgan fingerprint density at radius 1 is 1.27 bits per heavy atom. The lowest BCUT2D eigenvalue weighted by Gasteiger charge is -2.10. The molecule has 1 amide bonds. The van der Waals surface area contributed by atoms with E-state index in [2.05, 4.69) is 29.4 Å². The number of hydrogen-bond donors (Lipinski definition) is 2. The van der Waals surface area contributed by atoms with Crippen molar-refractivity contribution in [3.05, 3.63) is 89.9 Å². The summed E-state index contributed by atoms with van der Waals surface area (Å²) >= 11 is 0. The van der Waals surface area contributed by atoms with Crippen molar-refractivity contribution >= 4 is 11.7 Å². The zero-order chi connectivity index (χ0) is 18.4. The van der Waals surface area contributed by atoms with Crippen LogP contribution >= 0.6 is 0 Å². The first kappa shape index (κ1) is 17.5. The molecule has 3 N–H and O–H groups in total. The average molecular weight is 347 g/mol. The number of nitrogens with zero attached hydrogens (tertiary/aromatic N) is 1. The molecule has 1 aliphatic carbocycles. The Bertz CT molecular complexity index is 884. The van der Waals surface area contributed by atoms with Gasteiger partial charge in [0.25, 0.3) is 5.91 Å². The lowest BCUT2D eigenvalue weighted by molar-refractivity contribution is 0.0951. The molecule has 1 heterocycles. The van der Waals surface area contributed by atoms with Crippen molar-refractivity contribution in [3.8, 4) is 5.75 Å². The summed E-state index contributed by atoms with van der Waals surface area (Å²) in [5.74, 6) is 1.84. The number of amides is 1. The summed E-state index contributed by atoms with van der Waals surface area (Å²) in [7, 11) is 0. The molecule has 0 spiro atoms. The molecule has 2 aromatic rings. The van der Waals surface area contributed by atoms with E-state index in [0.29, 0.717) is 18.0 Å². The van der Waals surface area contributed by atoms with Crippen LogP contribution in [0.5, 0.6) is 5.75 Å². The molecule has 1 aromatic carbocycles. The molecule has 132 valence electrons. The molecule has 0 bridgehead atoms. The Hall–Kier alpha value is -3.34. The quantitative estimate of drug-likeness (QED) is 0.866. The first-order valence-electron chi connectivity index (χ1n) is 8.44. The summed E-state index contributed by atoms with van der Waals surface area (Å²) in [6, 6.07) is 10.9. The van der Waals surface area contributed by atoms with Gasteiger partial charge in [-0.2, -0.15) is 0 Å². The predicted molar refractivity (Wildman–Crippen MR) is 102 cm³/mol. The fourth-order valence-corrected chi connectivity index (χ4v) is 2.50. The molecule has 0 saturated heterocycles. The maximum Gasteiger partial charge on any atom is 0.255 e. The van der Waals surface area contributed by atoms with E-state index in [-0.39, 0.29) is 11.7 Å². The van der Waals surface area contributed by atoms with Gasteiger partial charge in [0.1, 0.15) is 17.3 Å². The van der Waals surface area contributed by atoms with Gasteiger partial charge >= 0.3 is 0 Å². The number of ether oxygens (including phenoxy) is 1. The van der Waals surface area contributed by atoms with E-state index >= 15 is 0 Å². The van der Waals surface area contributed by atoms with Crippen LogP contribution in [0.15, 0.2) is 78.7 Å². The number of aromatic nitrogens is 1. The van der Waals surface area contributed by atoms with Gasteiger partial charge in [-0.25, -0.2) is 4.98 Å². The van der Waals surface area contributed by atoms with E-state index in [0.717, 1.165) is 17.1 Å². The Morgan fingerprint density at radius 2 is 2.15 bits per heavy atom. The van der Waals surface area contributed by atoms with Crippen LogP contribution in [0.3, 0.4) is 0 Å². The van der Waals surface area contributed by atoms with Crippen LogP contribution < -0.4 is 15.8 Å². The summed E-state index contributed by atoms with van der Waals surface area (Å²) in [5, 5.41) is 2.85. The number of nitrogens with two attached hydrogens (primary N) is 1. The number of benzene rings is 1. The monoisotopic (exact) mass is 347 g/mol. The third-order valence-electron chi connectivity index (χ3n) is 3.91. The van der Waals surface area contributed by atoms with Gasteiger partial charge in [-0.15, -0.1) is 0 Å². The van der Waals surface area contributed by atoms with Gasteiger partial charge in [0, 0.05) is 12.7 Å². The Balaban J connectivity index is 1.64. The Labute approximate surface area is 152 Å². The molecule has 0 aliphatic heterocycles. The number of rotatable bonds is 5. The third kappa shape index (κ3) is 4.60. The van der Waals surface area contributed by atoms with Crippen molar-refractivity contribution in [2.75, 3.05) is 5.73 Å². The first-order valence-corrected chi connectivity index (χ1v) is 8.44. The van der Waals surface area contributed by atoms with E-state index in [4.69, 9.17) is 10.5 Å². The number of nitrogens with one attached hydrogen (secondary N) is 1. The van der Waals surface area contributed by atoms with Crippen molar-refractivity contribution < 1.29 is 9.53 Å². The molecule has 3 rings (SSSR count). The highest BCUT2D eigenvalue weighted by Gasteiger charge is 2.09. The minimum atomic E-state index is -0.254. The molecule has 1 aromatic heterocycles. The van der Waals surface area contributed by atoms with Crippen LogP contribution in [-0.2, 0) is 6.54 Å². The first-order chi connectivity index (χ1) is 12.6. The van der Waals surface area contributed by atoms with Gasteiger partial charge in [0.05, 0.1) is 5.56 Å². The fourth-order valence-electron chi connectivity index (χ4n) is 2.50. The second-order valence-electron chi connectivity index (χ2n) is 6.04. The standard InChI is InChI=1S/C21H21N3O2/c1-15-5-2-7-17(11-10-15)26-18-8-3-6-16(13-18)14-24-21(25)19-9-4-12-23-20(19)22/h2-13,15H,14H2,1H3,(H2,22,23)(H,24,25). The molecule has 0 radical (unpaired) electrons. The topological polar surface area (TPSA) is 77.2 Å². The van der Waals surface area contributed by atoms with Crippen molar-refractivity contribution in [1.29, 1.82) is 0 Å². The maximum absolute atomic E-state index is 12.2. The summed E-state index contributed by atoms with van der Waals surface area (Å²) in [6.07, 6.45) is 11.6. The molecular weight excluding hydrogens is 326 g/mol. The smallest absolute Gasteiger partial charge is 0.255 e. The highest BCUT2D eigenvalue weighted by molar-refractivity contribution is 5.98. The van der Waals surface area contributed by atoms with E-state index in [9.17, 15) is 4.79 Å². The van der Waals surface area contributed by atoms with E-state index < -0.39 is 0 Å². The molecule has 5 nitrogen and oxygen atoms in total. The maximum atomic E-state index is 12.2. The molecule has 5 heteroatoms. The van der Waals surface area contributed by atoms with Crippen molar-refractivity contribution in [2.45, 2.75) is 13.5 Å². The van der Waals surface area contributed by atoms with E-state index in [1.54, 1.807) is 18.3 Å². The summed E-state index contributed by atoms with van der Waals surface area (Å²) in [6.45, 7) is 2.48. The zero-order valence-corrected chi connectivity index (χ0v) is 14.6. The van der Waals surface area contributed by atoms with Crippen LogP contribution in [0.25, 0.3) is 0 Å². The van der Waals surface area contributed by atoms with Crippen molar-refractivity contribution in [1.82, 2.24) is 10.3 Å². The minimum Gasteiger partial charge on any atom is -0.457 e. The van der Waals surface area contributed by atoms with Gasteiger partial charge in [-0.1, -0.05) is 37.3 Å². The molecule has 0 saturated carbocycles. The van der Waals surface area contributed by atoms with E-state index in [1.165, 1.54) is 0 Å². The second kappa shape index (κ2) is 8.16. The zero-order valence-electron chi connectivity index (χ0n) is 14.6. The average Bonchev–Trinajstić information content (AvgIpc) is 2.85. The van der Waals surface area contributed by atoms with Gasteiger partial charge < -0.3 is 15.8 Å². The Morgan fingerprint density at radius 3 is 3.00 bits per heavy atom. The third-order valence-corrected chi connectivity index (χ3v) is 3.91. The lowest BCUT2D eigenvalue weighted by Crippen LogP contribution is -2.24. The van der Waals surface area contributed by atoms with Gasteiger partial charge in [-0.3, -0.25) is 4.79 Å². The number of anilines is 1. The summed E-state index contributed by atoms with van der Waals surface area (Å²) in [5.41, 5.74) is 7.03. The van der Waals surface area contributed by atoms with Gasteiger partial charge in [-0.05, 0) is 47.9 Å². The van der Waals surface area contributed by atoms with E-state index in [1.807, 2.05) is 42.5 Å². The molecule has 1 atom stereocenters. The Kier molecular flexibility index (Phi) is 5.49. The molecule has 1 aliphatic rings.